The van der Waals surface area contributed by atoms with Gasteiger partial charge >= 0.3 is 11.8 Å². The van der Waals surface area contributed by atoms with Crippen molar-refractivity contribution >= 4 is 61.5 Å². The molecule has 0 saturated carbocycles. The fourth-order valence-corrected chi connectivity index (χ4v) is 3.62. The number of carbonyl (C=O) groups excluding carboxylic acids is 3. The topological polar surface area (TPSA) is 109 Å². The molecular weight excluding hydrogens is 592 g/mol. The van der Waals surface area contributed by atoms with E-state index in [1.807, 2.05) is 50.2 Å². The van der Waals surface area contributed by atoms with Crippen LogP contribution in [0.3, 0.4) is 0 Å². The van der Waals surface area contributed by atoms with Crippen LogP contribution in [0.25, 0.3) is 0 Å². The maximum atomic E-state index is 12.3. The molecule has 0 aliphatic heterocycles. The lowest BCUT2D eigenvalue weighted by atomic mass is 10.1. The molecule has 3 amide bonds. The van der Waals surface area contributed by atoms with Crippen LogP contribution in [0.2, 0.25) is 0 Å². The number of hydrazone groups is 1. The molecule has 186 valence electrons. The Morgan fingerprint density at radius 2 is 1.69 bits per heavy atom. The summed E-state index contributed by atoms with van der Waals surface area (Å²) in [4.78, 5) is 36.4. The molecule has 0 fully saturated rings. The van der Waals surface area contributed by atoms with Crippen molar-refractivity contribution in [2.45, 2.75) is 20.4 Å². The van der Waals surface area contributed by atoms with Crippen LogP contribution < -0.4 is 20.8 Å². The van der Waals surface area contributed by atoms with Gasteiger partial charge in [-0.15, -0.1) is 0 Å². The van der Waals surface area contributed by atoms with E-state index in [0.29, 0.717) is 17.0 Å². The molecule has 3 N–H and O–H groups in total. The van der Waals surface area contributed by atoms with Crippen LogP contribution in [-0.4, -0.2) is 30.5 Å². The number of hydrogen-bond donors (Lipinski definition) is 3. The van der Waals surface area contributed by atoms with Gasteiger partial charge in [-0.3, -0.25) is 14.4 Å². The van der Waals surface area contributed by atoms with Gasteiger partial charge < -0.3 is 15.4 Å². The Hall–Kier alpha value is -3.50. The molecule has 0 radical (unpaired) electrons. The lowest BCUT2D eigenvalue weighted by Gasteiger charge is -2.11. The van der Waals surface area contributed by atoms with Crippen molar-refractivity contribution in [1.82, 2.24) is 10.7 Å². The summed E-state index contributed by atoms with van der Waals surface area (Å²) >= 11 is 6.80. The number of benzene rings is 3. The Morgan fingerprint density at radius 3 is 2.42 bits per heavy atom. The van der Waals surface area contributed by atoms with Crippen molar-refractivity contribution in [3.8, 4) is 5.75 Å². The van der Waals surface area contributed by atoms with Gasteiger partial charge in [-0.25, -0.2) is 5.43 Å². The summed E-state index contributed by atoms with van der Waals surface area (Å²) in [7, 11) is 0. The Bertz CT molecular complexity index is 1290. The first-order chi connectivity index (χ1) is 17.2. The molecule has 0 aliphatic carbocycles. The van der Waals surface area contributed by atoms with E-state index in [9.17, 15) is 14.4 Å². The molecule has 0 atom stereocenters. The molecular formula is C26H24Br2N4O4. The highest BCUT2D eigenvalue weighted by Crippen LogP contribution is 2.22. The van der Waals surface area contributed by atoms with Gasteiger partial charge in [0.05, 0.1) is 6.21 Å². The Kier molecular flexibility index (Phi) is 9.77. The summed E-state index contributed by atoms with van der Waals surface area (Å²) in [6, 6.07) is 18.2. The molecule has 8 nitrogen and oxygen atoms in total. The second kappa shape index (κ2) is 13.0. The van der Waals surface area contributed by atoms with E-state index < -0.39 is 11.8 Å². The minimum atomic E-state index is -0.903. The summed E-state index contributed by atoms with van der Waals surface area (Å²) in [6.45, 7) is 3.89. The smallest absolute Gasteiger partial charge is 0.329 e. The standard InChI is InChI=1S/C26H24Br2N4O4/c1-16-3-5-18(6-4-16)13-29-25(34)26(35)32-30-14-19-12-20(27)7-10-23(19)36-15-24(33)31-21-8-9-22(28)17(2)11-21/h3-12,14H,13,15H2,1-2H3,(H,29,34)(H,31,33)(H,32,35)/b30-14-. The van der Waals surface area contributed by atoms with E-state index in [2.05, 4.69) is 53.0 Å². The lowest BCUT2D eigenvalue weighted by molar-refractivity contribution is -0.139. The summed E-state index contributed by atoms with van der Waals surface area (Å²) < 4.78 is 7.35. The lowest BCUT2D eigenvalue weighted by Crippen LogP contribution is -2.37. The first-order valence-corrected chi connectivity index (χ1v) is 12.4. The highest BCUT2D eigenvalue weighted by Gasteiger charge is 2.12. The van der Waals surface area contributed by atoms with Crippen molar-refractivity contribution in [3.63, 3.8) is 0 Å². The summed E-state index contributed by atoms with van der Waals surface area (Å²) in [5.74, 6) is -1.67. The molecule has 0 spiro atoms. The summed E-state index contributed by atoms with van der Waals surface area (Å²) in [5, 5.41) is 9.17. The number of hydrogen-bond acceptors (Lipinski definition) is 5. The minimum absolute atomic E-state index is 0.224. The maximum Gasteiger partial charge on any atom is 0.329 e. The molecule has 3 aromatic rings. The quantitative estimate of drug-likeness (QED) is 0.195. The molecule has 0 aliphatic rings. The van der Waals surface area contributed by atoms with E-state index >= 15 is 0 Å². The number of amides is 3. The third-order valence-corrected chi connectivity index (χ3v) is 6.30. The number of nitrogens with zero attached hydrogens (tertiary/aromatic N) is 1. The monoisotopic (exact) mass is 614 g/mol. The molecule has 0 heterocycles. The minimum Gasteiger partial charge on any atom is -0.483 e. The molecule has 0 bridgehead atoms. The summed E-state index contributed by atoms with van der Waals surface area (Å²) in [6.07, 6.45) is 1.33. The van der Waals surface area contributed by atoms with Crippen LogP contribution >= 0.6 is 31.9 Å². The van der Waals surface area contributed by atoms with Crippen LogP contribution in [0.5, 0.6) is 5.75 Å². The number of halogens is 2. The highest BCUT2D eigenvalue weighted by molar-refractivity contribution is 9.10. The predicted octanol–water partition coefficient (Wildman–Crippen LogP) is 4.61. The van der Waals surface area contributed by atoms with Gasteiger partial charge in [0.2, 0.25) is 0 Å². The zero-order valence-electron chi connectivity index (χ0n) is 19.6. The Morgan fingerprint density at radius 1 is 0.944 bits per heavy atom. The number of nitrogens with one attached hydrogen (secondary N) is 3. The van der Waals surface area contributed by atoms with E-state index in [-0.39, 0.29) is 19.1 Å². The van der Waals surface area contributed by atoms with Crippen molar-refractivity contribution in [2.24, 2.45) is 5.10 Å². The highest BCUT2D eigenvalue weighted by atomic mass is 79.9. The largest absolute Gasteiger partial charge is 0.483 e. The number of anilines is 1. The van der Waals surface area contributed by atoms with Crippen LogP contribution in [0.15, 0.2) is 74.7 Å². The van der Waals surface area contributed by atoms with Crippen LogP contribution in [0.1, 0.15) is 22.3 Å². The van der Waals surface area contributed by atoms with E-state index in [1.165, 1.54) is 6.21 Å². The van der Waals surface area contributed by atoms with Crippen molar-refractivity contribution < 1.29 is 19.1 Å². The SMILES string of the molecule is Cc1ccc(CNC(=O)C(=O)N/N=C\c2cc(Br)ccc2OCC(=O)Nc2ccc(Br)c(C)c2)cc1. The van der Waals surface area contributed by atoms with Crippen molar-refractivity contribution in [3.05, 3.63) is 91.9 Å². The molecule has 0 unspecified atom stereocenters. The molecule has 3 aromatic carbocycles. The average molecular weight is 616 g/mol. The zero-order chi connectivity index (χ0) is 26.1. The third kappa shape index (κ3) is 8.31. The van der Waals surface area contributed by atoms with Gasteiger partial charge in [0.1, 0.15) is 5.75 Å². The van der Waals surface area contributed by atoms with Crippen LogP contribution in [-0.2, 0) is 20.9 Å². The van der Waals surface area contributed by atoms with Gasteiger partial charge in [-0.1, -0.05) is 61.7 Å². The van der Waals surface area contributed by atoms with E-state index in [4.69, 9.17) is 4.74 Å². The molecule has 0 saturated heterocycles. The zero-order valence-corrected chi connectivity index (χ0v) is 22.8. The molecule has 10 heteroatoms. The molecule has 36 heavy (non-hydrogen) atoms. The van der Waals surface area contributed by atoms with Crippen LogP contribution in [0, 0.1) is 13.8 Å². The fourth-order valence-electron chi connectivity index (χ4n) is 2.99. The number of rotatable bonds is 8. The number of ether oxygens (including phenoxy) is 1. The maximum absolute atomic E-state index is 12.3. The Balaban J connectivity index is 1.53. The van der Waals surface area contributed by atoms with Gasteiger partial charge in [-0.05, 0) is 61.4 Å². The van der Waals surface area contributed by atoms with Crippen molar-refractivity contribution in [2.75, 3.05) is 11.9 Å². The van der Waals surface area contributed by atoms with E-state index in [0.717, 1.165) is 25.6 Å². The Labute approximate surface area is 225 Å². The van der Waals surface area contributed by atoms with Gasteiger partial charge in [-0.2, -0.15) is 5.10 Å². The van der Waals surface area contributed by atoms with Gasteiger partial charge in [0.15, 0.2) is 6.61 Å². The molecule has 3 rings (SSSR count). The van der Waals surface area contributed by atoms with Gasteiger partial charge in [0, 0.05) is 26.7 Å². The number of aryl methyl sites for hydroxylation is 2. The molecule has 0 aromatic heterocycles. The summed E-state index contributed by atoms with van der Waals surface area (Å²) in [5.41, 5.74) is 6.32. The average Bonchev–Trinajstić information content (AvgIpc) is 2.85. The fraction of sp³-hybridized carbons (Fsp3) is 0.154. The van der Waals surface area contributed by atoms with Crippen molar-refractivity contribution in [1.29, 1.82) is 0 Å². The first kappa shape index (κ1) is 27.1. The van der Waals surface area contributed by atoms with Crippen LogP contribution in [0.4, 0.5) is 5.69 Å². The number of carbonyl (C=O) groups is 3. The van der Waals surface area contributed by atoms with Gasteiger partial charge in [0.25, 0.3) is 5.91 Å². The second-order valence-corrected chi connectivity index (χ2v) is 9.62. The normalized spacial score (nSPS) is 10.7. The second-order valence-electron chi connectivity index (χ2n) is 7.85. The van der Waals surface area contributed by atoms with E-state index in [1.54, 1.807) is 24.3 Å². The first-order valence-electron chi connectivity index (χ1n) is 10.9. The predicted molar refractivity (Wildman–Crippen MR) is 146 cm³/mol. The third-order valence-electron chi connectivity index (χ3n) is 4.92.